The molecule has 47 heavy (non-hydrogen) atoms. The van der Waals surface area contributed by atoms with Gasteiger partial charge in [-0.2, -0.15) is 9.97 Å². The molecule has 2 aliphatic heterocycles. The van der Waals surface area contributed by atoms with E-state index in [-0.39, 0.29) is 47.2 Å². The van der Waals surface area contributed by atoms with Gasteiger partial charge in [0.1, 0.15) is 24.4 Å². The highest BCUT2D eigenvalue weighted by atomic mass is 31.1. The minimum Gasteiger partial charge on any atom is -0.575 e. The van der Waals surface area contributed by atoms with Crippen LogP contribution in [0.5, 0.6) is 17.4 Å². The van der Waals surface area contributed by atoms with Crippen molar-refractivity contribution in [3.8, 4) is 17.4 Å². The third-order valence-corrected chi connectivity index (χ3v) is 8.89. The van der Waals surface area contributed by atoms with Gasteiger partial charge in [-0.25, -0.2) is 14.2 Å². The molecule has 0 radical (unpaired) electrons. The molecule has 1 unspecified atom stereocenters. The Morgan fingerprint density at radius 2 is 2.04 bits per heavy atom. The molecule has 2 aromatic heterocycles. The van der Waals surface area contributed by atoms with Crippen molar-refractivity contribution >= 4 is 42.0 Å². The number of carbonyl (C=O) groups is 1. The van der Waals surface area contributed by atoms with Crippen LogP contribution in [0.4, 0.5) is 10.3 Å². The highest BCUT2D eigenvalue weighted by Crippen LogP contribution is 2.44. The lowest BCUT2D eigenvalue weighted by molar-refractivity contribution is -0.170. The largest absolute Gasteiger partial charge is 0.575 e. The fraction of sp³-hybridized carbons (Fsp3) is 0.467. The zero-order valence-electron chi connectivity index (χ0n) is 25.8. The molecular weight excluding hydrogens is 638 g/mol. The van der Waals surface area contributed by atoms with E-state index in [2.05, 4.69) is 19.7 Å². The Labute approximate surface area is 269 Å². The van der Waals surface area contributed by atoms with E-state index in [0.717, 1.165) is 5.39 Å². The molecule has 6 atom stereocenters. The number of alkyl halides is 1. The fourth-order valence-electron chi connectivity index (χ4n) is 5.53. The average Bonchev–Trinajstić information content (AvgIpc) is 3.57. The molecule has 4 aromatic rings. The van der Waals surface area contributed by atoms with Crippen molar-refractivity contribution in [3.63, 3.8) is 0 Å². The summed E-state index contributed by atoms with van der Waals surface area (Å²) in [5, 5.41) is 12.5. The minimum atomic E-state index is -2.76. The summed E-state index contributed by atoms with van der Waals surface area (Å²) in [7, 11) is -1.37. The molecule has 2 aromatic carbocycles. The van der Waals surface area contributed by atoms with Gasteiger partial charge in [0.2, 0.25) is 17.6 Å². The lowest BCUT2D eigenvalue weighted by atomic mass is 9.98. The number of esters is 1. The molecule has 0 spiro atoms. The van der Waals surface area contributed by atoms with E-state index in [4.69, 9.17) is 33.9 Å². The Balaban J connectivity index is 1.21. The van der Waals surface area contributed by atoms with Gasteiger partial charge >= 0.3 is 14.1 Å². The first kappa shape index (κ1) is 32.7. The first-order valence-corrected chi connectivity index (χ1v) is 16.0. The van der Waals surface area contributed by atoms with E-state index < -0.39 is 44.3 Å². The molecule has 2 saturated heterocycles. The standard InChI is InChI=1S/C30H34FN6O9P/c1-16(27(38)44-18-10-12-42-13-11-18)36-47(40)46-23-19-7-5-4-6-17(19)8-9-20(23)43-14-21-24(31)30(2,39)28(45-21)37-15-33-22-25(37)34-29(32)35-26(22)41-3/h4-9,15-16,18,21,24,28,39H,10-14H2,1-3H3,(H2,32,34,35)/t16-,21+,24+,28+,30+/m0/s1. The van der Waals surface area contributed by atoms with E-state index in [0.29, 0.717) is 31.4 Å². The third kappa shape index (κ3) is 6.64. The van der Waals surface area contributed by atoms with Crippen LogP contribution in [-0.2, 0) is 19.0 Å². The number of methoxy groups -OCH3 is 1. The first-order valence-electron chi connectivity index (χ1n) is 14.9. The van der Waals surface area contributed by atoms with E-state index in [1.54, 1.807) is 24.3 Å². The number of ether oxygens (including phenoxy) is 5. The van der Waals surface area contributed by atoms with Crippen LogP contribution >= 0.6 is 8.17 Å². The maximum absolute atomic E-state index is 15.8. The smallest absolute Gasteiger partial charge is 0.395 e. The Morgan fingerprint density at radius 1 is 1.28 bits per heavy atom. The number of carbonyl (C=O) groups excluding carboxylic acids is 1. The van der Waals surface area contributed by atoms with E-state index in [9.17, 15) is 14.8 Å². The predicted molar refractivity (Wildman–Crippen MR) is 165 cm³/mol. The van der Waals surface area contributed by atoms with Crippen LogP contribution in [0.3, 0.4) is 0 Å². The Morgan fingerprint density at radius 3 is 2.81 bits per heavy atom. The van der Waals surface area contributed by atoms with E-state index in [1.165, 1.54) is 31.9 Å². The van der Waals surface area contributed by atoms with Crippen molar-refractivity contribution in [2.24, 2.45) is 4.74 Å². The summed E-state index contributed by atoms with van der Waals surface area (Å²) in [5.41, 5.74) is 4.22. The van der Waals surface area contributed by atoms with Crippen molar-refractivity contribution in [3.05, 3.63) is 42.7 Å². The van der Waals surface area contributed by atoms with E-state index >= 15 is 4.39 Å². The molecule has 3 N–H and O–H groups in total. The van der Waals surface area contributed by atoms with Crippen LogP contribution < -0.4 is 24.6 Å². The summed E-state index contributed by atoms with van der Waals surface area (Å²) < 4.78 is 54.9. The third-order valence-electron chi connectivity index (χ3n) is 8.02. The number of nitrogens with zero attached hydrogens (tertiary/aromatic N) is 5. The number of anilines is 1. The predicted octanol–water partition coefficient (Wildman–Crippen LogP) is 2.98. The topological polar surface area (TPSA) is 198 Å². The Bertz CT molecular complexity index is 1800. The van der Waals surface area contributed by atoms with Gasteiger partial charge in [0.15, 0.2) is 35.4 Å². The van der Waals surface area contributed by atoms with Crippen molar-refractivity contribution in [2.45, 2.75) is 62.9 Å². The van der Waals surface area contributed by atoms with Crippen molar-refractivity contribution in [2.75, 3.05) is 32.7 Å². The summed E-state index contributed by atoms with van der Waals surface area (Å²) in [6.45, 7) is 3.40. The number of rotatable bonds is 10. The first-order chi connectivity index (χ1) is 22.6. The summed E-state index contributed by atoms with van der Waals surface area (Å²) in [5.74, 6) is -0.415. The van der Waals surface area contributed by atoms with Gasteiger partial charge in [-0.1, -0.05) is 35.1 Å². The normalized spacial score (nSPS) is 24.4. The van der Waals surface area contributed by atoms with Gasteiger partial charge in [-0.05, 0) is 25.3 Å². The van der Waals surface area contributed by atoms with Crippen LogP contribution in [0.1, 0.15) is 32.9 Å². The zero-order chi connectivity index (χ0) is 33.3. The molecule has 0 bridgehead atoms. The van der Waals surface area contributed by atoms with Gasteiger partial charge in [-0.3, -0.25) is 9.09 Å². The summed E-state index contributed by atoms with van der Waals surface area (Å²) in [4.78, 5) is 38.1. The maximum atomic E-state index is 15.8. The molecule has 2 fully saturated rings. The SMILES string of the molecule is COc1nc(N)nc2c1ncn2[C@@H]1O[C@H](COc2ccc3ccccc3c2O/[P+]([O-])=N/[C@@H](C)C(=O)OC2CCOCC2)[C@@H](F)[C@@]1(C)O. The number of nitrogen functional groups attached to an aromatic ring is 1. The van der Waals surface area contributed by atoms with Crippen LogP contribution in [0.2, 0.25) is 0 Å². The maximum Gasteiger partial charge on any atom is 0.395 e. The number of hydrogen-bond donors (Lipinski definition) is 2. The molecule has 4 heterocycles. The molecule has 0 saturated carbocycles. The Hall–Kier alpha value is -4.21. The molecule has 250 valence electrons. The van der Waals surface area contributed by atoms with Crippen LogP contribution in [0.25, 0.3) is 21.9 Å². The number of halogens is 1. The number of nitrogens with two attached hydrogens (primary N) is 1. The molecule has 0 amide bonds. The van der Waals surface area contributed by atoms with Crippen molar-refractivity contribution < 1.29 is 47.4 Å². The lowest BCUT2D eigenvalue weighted by Crippen LogP contribution is -2.42. The zero-order valence-corrected chi connectivity index (χ0v) is 26.7. The molecule has 2 aliphatic rings. The number of aromatic nitrogens is 4. The van der Waals surface area contributed by atoms with Crippen molar-refractivity contribution in [1.82, 2.24) is 19.5 Å². The highest BCUT2D eigenvalue weighted by molar-refractivity contribution is 7.34. The number of hydrogen-bond acceptors (Lipinski definition) is 14. The molecule has 6 rings (SSSR count). The highest BCUT2D eigenvalue weighted by Gasteiger charge is 2.55. The molecule has 0 aliphatic carbocycles. The van der Waals surface area contributed by atoms with Crippen LogP contribution in [-0.4, -0.2) is 87.5 Å². The second kappa shape index (κ2) is 13.5. The van der Waals surface area contributed by atoms with Gasteiger partial charge in [0.05, 0.1) is 26.7 Å². The Kier molecular flexibility index (Phi) is 9.39. The lowest BCUT2D eigenvalue weighted by Gasteiger charge is -2.26. The quantitative estimate of drug-likeness (QED) is 0.184. The van der Waals surface area contributed by atoms with Crippen molar-refractivity contribution in [1.29, 1.82) is 0 Å². The van der Waals surface area contributed by atoms with Gasteiger partial charge < -0.3 is 39.4 Å². The van der Waals surface area contributed by atoms with Crippen LogP contribution in [0.15, 0.2) is 47.5 Å². The molecule has 15 nitrogen and oxygen atoms in total. The second-order valence-corrected chi connectivity index (χ2v) is 12.3. The minimum absolute atomic E-state index is 0.0783. The second-order valence-electron chi connectivity index (χ2n) is 11.4. The van der Waals surface area contributed by atoms with Gasteiger partial charge in [0.25, 0.3) is 0 Å². The molecule has 17 heteroatoms. The van der Waals surface area contributed by atoms with Crippen LogP contribution in [0, 0.1) is 0 Å². The summed E-state index contributed by atoms with van der Waals surface area (Å²) >= 11 is 0. The monoisotopic (exact) mass is 672 g/mol. The van der Waals surface area contributed by atoms with Gasteiger partial charge in [-0.15, -0.1) is 0 Å². The number of aliphatic hydroxyl groups is 1. The number of fused-ring (bicyclic) bond motifs is 2. The number of imidazole rings is 1. The van der Waals surface area contributed by atoms with Gasteiger partial charge in [0, 0.05) is 18.2 Å². The fourth-order valence-corrected chi connectivity index (χ4v) is 6.29. The summed E-state index contributed by atoms with van der Waals surface area (Å²) in [6, 6.07) is 9.42. The average molecular weight is 673 g/mol. The molecular formula is C30H34FN6O9P. The summed E-state index contributed by atoms with van der Waals surface area (Å²) in [6.07, 6.45) is -2.24. The van der Waals surface area contributed by atoms with E-state index in [1.807, 2.05) is 12.1 Å². The number of benzene rings is 2.